The molecule has 0 saturated carbocycles. The summed E-state index contributed by atoms with van der Waals surface area (Å²) >= 11 is 1.67. The Kier molecular flexibility index (Phi) is 8.19. The standard InChI is InChI=1S/C19H19N5O2S.2ClH/c25-19(26)21-9-11-24-15-7-3-1-5-13(15)17(14-6-2-4-8-16(14)24)22-23-18-20-10-12-27-18;;/h1-8,21H,9-12H2,(H,20,23)(H,25,26);2*1H. The molecule has 10 heteroatoms. The molecule has 4 rings (SSSR count). The predicted octanol–water partition coefficient (Wildman–Crippen LogP) is 3.41. The Hall–Kier alpha value is -2.42. The molecule has 0 unspecified atom stereocenters. The molecule has 0 aliphatic carbocycles. The number of fused-ring (bicyclic) bond motifs is 2. The van der Waals surface area contributed by atoms with Gasteiger partial charge in [0.25, 0.3) is 0 Å². The van der Waals surface area contributed by atoms with Crippen LogP contribution in [0.1, 0.15) is 0 Å². The van der Waals surface area contributed by atoms with E-state index in [-0.39, 0.29) is 24.8 Å². The van der Waals surface area contributed by atoms with Crippen molar-refractivity contribution in [2.75, 3.05) is 18.8 Å². The Morgan fingerprint density at radius 2 is 1.69 bits per heavy atom. The molecule has 1 aliphatic heterocycles. The summed E-state index contributed by atoms with van der Waals surface area (Å²) in [5.74, 6) is 1.00. The summed E-state index contributed by atoms with van der Waals surface area (Å²) in [5.41, 5.74) is 1.99. The van der Waals surface area contributed by atoms with E-state index in [2.05, 4.69) is 25.4 Å². The molecule has 3 aromatic rings. The van der Waals surface area contributed by atoms with Crippen LogP contribution < -0.4 is 16.0 Å². The number of benzene rings is 2. The lowest BCUT2D eigenvalue weighted by Crippen LogP contribution is -2.26. The van der Waals surface area contributed by atoms with Gasteiger partial charge in [-0.15, -0.1) is 35.0 Å². The van der Waals surface area contributed by atoms with Crippen molar-refractivity contribution in [3.8, 4) is 0 Å². The summed E-state index contributed by atoms with van der Waals surface area (Å²) in [6.45, 7) is 1.76. The maximum absolute atomic E-state index is 10.8. The molecule has 2 heterocycles. The molecule has 0 bridgehead atoms. The summed E-state index contributed by atoms with van der Waals surface area (Å²) < 4.78 is 2.12. The third-order valence-electron chi connectivity index (χ3n) is 4.37. The Labute approximate surface area is 184 Å². The molecule has 7 nitrogen and oxygen atoms in total. The quantitative estimate of drug-likeness (QED) is 0.416. The molecule has 2 aromatic carbocycles. The lowest BCUT2D eigenvalue weighted by molar-refractivity contribution is 0.194. The predicted molar refractivity (Wildman–Crippen MR) is 123 cm³/mol. The zero-order chi connectivity index (χ0) is 18.6. The van der Waals surface area contributed by atoms with E-state index in [0.717, 1.165) is 44.6 Å². The van der Waals surface area contributed by atoms with Crippen molar-refractivity contribution in [2.24, 2.45) is 10.2 Å². The smallest absolute Gasteiger partial charge is 0.404 e. The van der Waals surface area contributed by atoms with Gasteiger partial charge in [-0.2, -0.15) is 0 Å². The molecule has 0 atom stereocenters. The van der Waals surface area contributed by atoms with Crippen LogP contribution in [0.15, 0.2) is 58.7 Å². The number of halogens is 2. The second kappa shape index (κ2) is 10.4. The summed E-state index contributed by atoms with van der Waals surface area (Å²) in [7, 11) is 0. The van der Waals surface area contributed by atoms with E-state index in [1.54, 1.807) is 11.8 Å². The molecule has 3 N–H and O–H groups in total. The second-order valence-electron chi connectivity index (χ2n) is 6.05. The maximum atomic E-state index is 10.8. The molecule has 0 spiro atoms. The van der Waals surface area contributed by atoms with Gasteiger partial charge in [0.2, 0.25) is 0 Å². The minimum absolute atomic E-state index is 0. The number of pyridine rings is 1. The SMILES string of the molecule is Cl.Cl.O=C(O)NCCn1c2ccccc2c(=NN=C2NCCS2)c2ccccc21. The fraction of sp³-hybridized carbons (Fsp3) is 0.211. The third kappa shape index (κ3) is 4.95. The Morgan fingerprint density at radius 3 is 2.24 bits per heavy atom. The van der Waals surface area contributed by atoms with E-state index in [1.165, 1.54) is 0 Å². The van der Waals surface area contributed by atoms with E-state index in [1.807, 2.05) is 48.5 Å². The highest BCUT2D eigenvalue weighted by Crippen LogP contribution is 2.19. The topological polar surface area (TPSA) is 91.0 Å². The number of carboxylic acid groups (broad SMARTS) is 1. The van der Waals surface area contributed by atoms with Crippen LogP contribution >= 0.6 is 36.6 Å². The normalized spacial score (nSPS) is 14.1. The first-order valence-corrected chi connectivity index (χ1v) is 9.68. The number of rotatable bonds is 4. The summed E-state index contributed by atoms with van der Waals surface area (Å²) in [4.78, 5) is 10.8. The highest BCUT2D eigenvalue weighted by molar-refractivity contribution is 8.14. The number of thioether (sulfide) groups is 1. The number of amidine groups is 1. The van der Waals surface area contributed by atoms with Crippen LogP contribution in [0, 0.1) is 0 Å². The van der Waals surface area contributed by atoms with E-state index >= 15 is 0 Å². The van der Waals surface area contributed by atoms with Gasteiger partial charge in [0.15, 0.2) is 5.17 Å². The van der Waals surface area contributed by atoms with Gasteiger partial charge in [0.05, 0.1) is 11.0 Å². The van der Waals surface area contributed by atoms with Gasteiger partial charge in [-0.1, -0.05) is 48.2 Å². The number of hydrogen-bond donors (Lipinski definition) is 3. The molecular weight excluding hydrogens is 433 g/mol. The highest BCUT2D eigenvalue weighted by atomic mass is 35.5. The van der Waals surface area contributed by atoms with Gasteiger partial charge in [-0.3, -0.25) is 0 Å². The number of carbonyl (C=O) groups is 1. The lowest BCUT2D eigenvalue weighted by Gasteiger charge is -2.16. The summed E-state index contributed by atoms with van der Waals surface area (Å²) in [5, 5.41) is 27.2. The van der Waals surface area contributed by atoms with E-state index in [9.17, 15) is 4.79 Å². The van der Waals surface area contributed by atoms with Crippen LogP contribution in [0.5, 0.6) is 0 Å². The molecule has 1 aromatic heterocycles. The van der Waals surface area contributed by atoms with E-state index in [4.69, 9.17) is 5.11 Å². The maximum Gasteiger partial charge on any atom is 0.404 e. The van der Waals surface area contributed by atoms with Crippen LogP contribution in [-0.4, -0.2) is 39.8 Å². The molecule has 1 amide bonds. The van der Waals surface area contributed by atoms with Crippen LogP contribution in [-0.2, 0) is 6.54 Å². The minimum Gasteiger partial charge on any atom is -0.465 e. The Balaban J connectivity index is 0.00000150. The van der Waals surface area contributed by atoms with Gasteiger partial charge in [-0.05, 0) is 12.1 Å². The number of nitrogens with zero attached hydrogens (tertiary/aromatic N) is 3. The largest absolute Gasteiger partial charge is 0.465 e. The first-order chi connectivity index (χ1) is 13.2. The zero-order valence-electron chi connectivity index (χ0n) is 15.4. The number of aromatic nitrogens is 1. The van der Waals surface area contributed by atoms with Gasteiger partial charge < -0.3 is 20.3 Å². The first-order valence-electron chi connectivity index (χ1n) is 8.69. The van der Waals surface area contributed by atoms with Crippen molar-refractivity contribution < 1.29 is 9.90 Å². The average molecular weight is 454 g/mol. The lowest BCUT2D eigenvalue weighted by atomic mass is 10.1. The second-order valence-corrected chi connectivity index (χ2v) is 7.13. The van der Waals surface area contributed by atoms with Crippen LogP contribution in [0.25, 0.3) is 21.8 Å². The fourth-order valence-corrected chi connectivity index (χ4v) is 3.93. The molecule has 1 aliphatic rings. The van der Waals surface area contributed by atoms with Crippen molar-refractivity contribution >= 4 is 69.6 Å². The number of para-hydroxylation sites is 2. The third-order valence-corrected chi connectivity index (χ3v) is 5.28. The number of hydrogen-bond acceptors (Lipinski definition) is 4. The van der Waals surface area contributed by atoms with Gasteiger partial charge in [0.1, 0.15) is 5.36 Å². The van der Waals surface area contributed by atoms with E-state index < -0.39 is 6.09 Å². The van der Waals surface area contributed by atoms with Gasteiger partial charge in [-0.25, -0.2) is 4.79 Å². The highest BCUT2D eigenvalue weighted by Gasteiger charge is 2.10. The van der Waals surface area contributed by atoms with Crippen molar-refractivity contribution in [1.82, 2.24) is 15.2 Å². The first kappa shape index (κ1) is 22.9. The van der Waals surface area contributed by atoms with Crippen molar-refractivity contribution in [2.45, 2.75) is 6.54 Å². The van der Waals surface area contributed by atoms with E-state index in [0.29, 0.717) is 13.1 Å². The van der Waals surface area contributed by atoms with Crippen molar-refractivity contribution in [1.29, 1.82) is 0 Å². The fourth-order valence-electron chi connectivity index (χ4n) is 3.23. The zero-order valence-corrected chi connectivity index (χ0v) is 17.8. The van der Waals surface area contributed by atoms with Gasteiger partial charge >= 0.3 is 6.09 Å². The molecule has 1 fully saturated rings. The van der Waals surface area contributed by atoms with Gasteiger partial charge in [0, 0.05) is 36.2 Å². The minimum atomic E-state index is -1.02. The molecule has 29 heavy (non-hydrogen) atoms. The molecular formula is C19H21Cl2N5O2S. The number of nitrogens with one attached hydrogen (secondary N) is 2. The average Bonchev–Trinajstić information content (AvgIpc) is 3.20. The van der Waals surface area contributed by atoms with Crippen LogP contribution in [0.3, 0.4) is 0 Å². The van der Waals surface area contributed by atoms with Crippen LogP contribution in [0.2, 0.25) is 0 Å². The molecule has 1 saturated heterocycles. The van der Waals surface area contributed by atoms with Crippen molar-refractivity contribution in [3.05, 3.63) is 53.9 Å². The Morgan fingerprint density at radius 1 is 1.07 bits per heavy atom. The van der Waals surface area contributed by atoms with Crippen LogP contribution in [0.4, 0.5) is 4.79 Å². The summed E-state index contributed by atoms with van der Waals surface area (Å²) in [6.07, 6.45) is -1.02. The monoisotopic (exact) mass is 453 g/mol. The Bertz CT molecular complexity index is 1050. The van der Waals surface area contributed by atoms with Crippen molar-refractivity contribution in [3.63, 3.8) is 0 Å². The summed E-state index contributed by atoms with van der Waals surface area (Å²) in [6, 6.07) is 16.0. The molecule has 154 valence electrons. The molecule has 0 radical (unpaired) electrons. The number of amides is 1.